The third-order valence-electron chi connectivity index (χ3n) is 4.39. The predicted octanol–water partition coefficient (Wildman–Crippen LogP) is 3.18. The number of benzene rings is 1. The summed E-state index contributed by atoms with van der Waals surface area (Å²) in [6.45, 7) is 2.80. The Morgan fingerprint density at radius 1 is 1.32 bits per heavy atom. The molecule has 1 aliphatic carbocycles. The summed E-state index contributed by atoms with van der Waals surface area (Å²) in [4.78, 5) is 2.35. The minimum Gasteiger partial charge on any atom is -0.327 e. The van der Waals surface area contributed by atoms with Crippen LogP contribution in [0.5, 0.6) is 0 Å². The van der Waals surface area contributed by atoms with E-state index in [-0.39, 0.29) is 18.2 Å². The molecule has 19 heavy (non-hydrogen) atoms. The first-order valence-electron chi connectivity index (χ1n) is 6.55. The Morgan fingerprint density at radius 2 is 2.11 bits per heavy atom. The lowest BCUT2D eigenvalue weighted by Gasteiger charge is -2.18. The van der Waals surface area contributed by atoms with Crippen LogP contribution in [-0.2, 0) is 6.54 Å². The second kappa shape index (κ2) is 6.08. The number of hydrogen-bond donors (Lipinski definition) is 1. The fourth-order valence-electron chi connectivity index (χ4n) is 3.43. The van der Waals surface area contributed by atoms with Gasteiger partial charge in [0.2, 0.25) is 0 Å². The van der Waals surface area contributed by atoms with E-state index in [1.54, 1.807) is 6.07 Å². The van der Waals surface area contributed by atoms with Gasteiger partial charge >= 0.3 is 0 Å². The van der Waals surface area contributed by atoms with Gasteiger partial charge in [-0.2, -0.15) is 0 Å². The maximum absolute atomic E-state index is 13.7. The Kier molecular flexibility index (Phi) is 4.88. The second-order valence-corrected chi connectivity index (χ2v) is 6.51. The van der Waals surface area contributed by atoms with E-state index in [9.17, 15) is 4.39 Å². The maximum atomic E-state index is 13.7. The predicted molar refractivity (Wildman–Crippen MR) is 80.8 cm³/mol. The third kappa shape index (κ3) is 3.13. The lowest BCUT2D eigenvalue weighted by atomic mass is 9.98. The summed E-state index contributed by atoms with van der Waals surface area (Å²) >= 11 is 3.40. The number of fused-ring (bicyclic) bond motifs is 1. The van der Waals surface area contributed by atoms with Crippen molar-refractivity contribution >= 4 is 28.3 Å². The number of hydrogen-bond acceptors (Lipinski definition) is 2. The van der Waals surface area contributed by atoms with Crippen molar-refractivity contribution in [1.82, 2.24) is 4.90 Å². The largest absolute Gasteiger partial charge is 0.327 e. The van der Waals surface area contributed by atoms with Crippen molar-refractivity contribution in [3.05, 3.63) is 34.1 Å². The molecule has 1 aromatic rings. The normalized spacial score (nSPS) is 30.2. The monoisotopic (exact) mass is 348 g/mol. The lowest BCUT2D eigenvalue weighted by Crippen LogP contribution is -2.30. The molecule has 106 valence electrons. The van der Waals surface area contributed by atoms with Gasteiger partial charge in [-0.25, -0.2) is 4.39 Å². The van der Waals surface area contributed by atoms with Crippen molar-refractivity contribution < 1.29 is 4.39 Å². The first-order chi connectivity index (χ1) is 8.63. The molecule has 1 saturated carbocycles. The van der Waals surface area contributed by atoms with E-state index >= 15 is 0 Å². The van der Waals surface area contributed by atoms with Crippen molar-refractivity contribution in [1.29, 1.82) is 0 Å². The van der Waals surface area contributed by atoms with Crippen LogP contribution in [0.3, 0.4) is 0 Å². The minimum atomic E-state index is -0.112. The molecular weight excluding hydrogens is 331 g/mol. The first kappa shape index (κ1) is 15.2. The van der Waals surface area contributed by atoms with Crippen LogP contribution in [-0.4, -0.2) is 24.0 Å². The molecule has 3 atom stereocenters. The molecule has 0 aromatic heterocycles. The second-order valence-electron chi connectivity index (χ2n) is 5.59. The Morgan fingerprint density at radius 3 is 2.84 bits per heavy atom. The van der Waals surface area contributed by atoms with Gasteiger partial charge in [0.15, 0.2) is 0 Å². The summed E-state index contributed by atoms with van der Waals surface area (Å²) in [7, 11) is 0. The Hall–Kier alpha value is -0.160. The van der Waals surface area contributed by atoms with Crippen molar-refractivity contribution in [3.8, 4) is 0 Å². The average molecular weight is 350 g/mol. The molecule has 1 aromatic carbocycles. The molecule has 5 heteroatoms. The molecule has 0 bridgehead atoms. The highest BCUT2D eigenvalue weighted by atomic mass is 79.9. The van der Waals surface area contributed by atoms with Crippen LogP contribution in [0.4, 0.5) is 4.39 Å². The van der Waals surface area contributed by atoms with Crippen molar-refractivity contribution in [2.75, 3.05) is 13.1 Å². The number of rotatable bonds is 2. The van der Waals surface area contributed by atoms with Crippen LogP contribution < -0.4 is 5.73 Å². The fraction of sp³-hybridized carbons (Fsp3) is 0.571. The van der Waals surface area contributed by atoms with Gasteiger partial charge in [-0.05, 0) is 42.9 Å². The third-order valence-corrected chi connectivity index (χ3v) is 4.88. The topological polar surface area (TPSA) is 29.3 Å². The van der Waals surface area contributed by atoms with Crippen molar-refractivity contribution in [3.63, 3.8) is 0 Å². The van der Waals surface area contributed by atoms with Gasteiger partial charge in [-0.3, -0.25) is 4.90 Å². The van der Waals surface area contributed by atoms with E-state index in [1.165, 1.54) is 12.5 Å². The van der Waals surface area contributed by atoms with Crippen LogP contribution in [0.1, 0.15) is 18.4 Å². The molecule has 0 radical (unpaired) electrons. The van der Waals surface area contributed by atoms with Crippen LogP contribution in [0.15, 0.2) is 22.7 Å². The molecule has 0 amide bonds. The van der Waals surface area contributed by atoms with Gasteiger partial charge in [0.25, 0.3) is 0 Å². The van der Waals surface area contributed by atoms with Crippen LogP contribution in [0.25, 0.3) is 0 Å². The summed E-state index contributed by atoms with van der Waals surface area (Å²) in [5, 5.41) is 0. The van der Waals surface area contributed by atoms with Crippen LogP contribution in [0, 0.1) is 17.7 Å². The van der Waals surface area contributed by atoms with Gasteiger partial charge < -0.3 is 5.73 Å². The minimum absolute atomic E-state index is 0. The molecule has 1 saturated heterocycles. The smallest absolute Gasteiger partial charge is 0.127 e. The van der Waals surface area contributed by atoms with E-state index in [0.29, 0.717) is 18.5 Å². The Balaban J connectivity index is 0.00000133. The van der Waals surface area contributed by atoms with E-state index in [0.717, 1.165) is 35.5 Å². The zero-order valence-corrected chi connectivity index (χ0v) is 13.1. The van der Waals surface area contributed by atoms with Gasteiger partial charge in [0.05, 0.1) is 0 Å². The summed E-state index contributed by atoms with van der Waals surface area (Å²) in [5.41, 5.74) is 6.90. The first-order valence-corrected chi connectivity index (χ1v) is 7.34. The Bertz CT molecular complexity index is 457. The zero-order valence-electron chi connectivity index (χ0n) is 10.7. The maximum Gasteiger partial charge on any atom is 0.127 e. The summed E-state index contributed by atoms with van der Waals surface area (Å²) < 4.78 is 14.7. The van der Waals surface area contributed by atoms with Gasteiger partial charge in [0.1, 0.15) is 5.82 Å². The standard InChI is InChI=1S/C14H18BrFN2.ClH/c15-11-2-3-13(16)10(5-11)7-18-6-9-1-4-14(17)12(9)8-18;/h2-3,5,9,12,14H,1,4,6-8,17H2;1H. The number of likely N-dealkylation sites (tertiary alicyclic amines) is 1. The number of halogens is 3. The molecule has 2 fully saturated rings. The Labute approximate surface area is 128 Å². The molecular formula is C14H19BrClFN2. The molecule has 2 aliphatic rings. The molecule has 1 aliphatic heterocycles. The highest BCUT2D eigenvalue weighted by Crippen LogP contribution is 2.37. The molecule has 0 spiro atoms. The molecule has 3 unspecified atom stereocenters. The zero-order chi connectivity index (χ0) is 12.7. The van der Waals surface area contributed by atoms with E-state index < -0.39 is 0 Å². The summed E-state index contributed by atoms with van der Waals surface area (Å²) in [5.74, 6) is 1.25. The van der Waals surface area contributed by atoms with Gasteiger partial charge in [-0.15, -0.1) is 12.4 Å². The summed E-state index contributed by atoms with van der Waals surface area (Å²) in [6.07, 6.45) is 2.40. The average Bonchev–Trinajstić information content (AvgIpc) is 2.87. The van der Waals surface area contributed by atoms with Crippen molar-refractivity contribution in [2.45, 2.75) is 25.4 Å². The number of nitrogens with zero attached hydrogens (tertiary/aromatic N) is 1. The van der Waals surface area contributed by atoms with E-state index in [4.69, 9.17) is 5.73 Å². The molecule has 3 rings (SSSR count). The number of nitrogens with two attached hydrogens (primary N) is 1. The van der Waals surface area contributed by atoms with Crippen LogP contribution >= 0.6 is 28.3 Å². The van der Waals surface area contributed by atoms with Crippen molar-refractivity contribution in [2.24, 2.45) is 17.6 Å². The SMILES string of the molecule is Cl.NC1CCC2CN(Cc3cc(Br)ccc3F)CC12. The highest BCUT2D eigenvalue weighted by Gasteiger charge is 2.40. The van der Waals surface area contributed by atoms with Gasteiger partial charge in [-0.1, -0.05) is 15.9 Å². The summed E-state index contributed by atoms with van der Waals surface area (Å²) in [6, 6.07) is 5.51. The molecule has 2 nitrogen and oxygen atoms in total. The molecule has 1 heterocycles. The lowest BCUT2D eigenvalue weighted by molar-refractivity contribution is 0.293. The highest BCUT2D eigenvalue weighted by molar-refractivity contribution is 9.10. The van der Waals surface area contributed by atoms with E-state index in [2.05, 4.69) is 20.8 Å². The quantitative estimate of drug-likeness (QED) is 0.888. The fourth-order valence-corrected chi connectivity index (χ4v) is 3.84. The molecule has 2 N–H and O–H groups in total. The van der Waals surface area contributed by atoms with Crippen LogP contribution in [0.2, 0.25) is 0 Å². The van der Waals surface area contributed by atoms with E-state index in [1.807, 2.05) is 6.07 Å². The van der Waals surface area contributed by atoms with Gasteiger partial charge in [0, 0.05) is 35.7 Å².